The highest BCUT2D eigenvalue weighted by atomic mass is 32.2. The number of rotatable bonds is 9. The number of sulfonamides is 1. The second-order valence-corrected chi connectivity index (χ2v) is 10.1. The molecule has 1 N–H and O–H groups in total. The van der Waals surface area contributed by atoms with Gasteiger partial charge in [0.2, 0.25) is 10.0 Å². The fraction of sp³-hybridized carbons (Fsp3) is 0.227. The lowest BCUT2D eigenvalue weighted by Gasteiger charge is -2.09. The zero-order chi connectivity index (χ0) is 25.1. The highest BCUT2D eigenvalue weighted by Gasteiger charge is 2.30. The summed E-state index contributed by atoms with van der Waals surface area (Å²) in [6.45, 7) is 0.0679. The molecule has 0 radical (unpaired) electrons. The number of thioether (sulfide) groups is 1. The van der Waals surface area contributed by atoms with E-state index in [0.717, 1.165) is 12.1 Å². The van der Waals surface area contributed by atoms with Crippen LogP contribution in [-0.4, -0.2) is 41.9 Å². The Hall–Kier alpha value is -3.16. The summed E-state index contributed by atoms with van der Waals surface area (Å²) in [6, 6.07) is 14.6. The summed E-state index contributed by atoms with van der Waals surface area (Å²) in [6.07, 6.45) is -4.17. The van der Waals surface area contributed by atoms with Gasteiger partial charge >= 0.3 is 6.18 Å². The molecule has 0 unspecified atom stereocenters. The molecule has 0 bridgehead atoms. The van der Waals surface area contributed by atoms with E-state index in [1.807, 2.05) is 0 Å². The standard InChI is InChI=1S/C22H20F3N5O3S2/c1-33-17-5-7-18(8-6-17)35(31,32)26-12-11-20-28-27-19-9-10-21(29-30(19)20)34-14-15-3-2-4-16(13-15)22(23,24)25/h2-10,13,26H,11-12,14H2,1H3. The number of alkyl halides is 3. The van der Waals surface area contributed by atoms with Gasteiger partial charge in [0, 0.05) is 18.7 Å². The van der Waals surface area contributed by atoms with E-state index in [4.69, 9.17) is 4.74 Å². The van der Waals surface area contributed by atoms with E-state index in [-0.39, 0.29) is 17.9 Å². The van der Waals surface area contributed by atoms with Crippen LogP contribution in [0.4, 0.5) is 13.2 Å². The molecule has 0 saturated heterocycles. The third-order valence-corrected chi connectivity index (χ3v) is 7.42. The van der Waals surface area contributed by atoms with Crippen LogP contribution in [0.1, 0.15) is 17.0 Å². The highest BCUT2D eigenvalue weighted by molar-refractivity contribution is 7.98. The predicted molar refractivity (Wildman–Crippen MR) is 124 cm³/mol. The number of benzene rings is 2. The number of methoxy groups -OCH3 is 1. The molecule has 8 nitrogen and oxygen atoms in total. The minimum atomic E-state index is -4.40. The average Bonchev–Trinajstić information content (AvgIpc) is 3.24. The normalized spacial score (nSPS) is 12.2. The fourth-order valence-electron chi connectivity index (χ4n) is 3.18. The maximum Gasteiger partial charge on any atom is 0.416 e. The molecule has 0 fully saturated rings. The van der Waals surface area contributed by atoms with Crippen molar-refractivity contribution in [3.05, 3.63) is 77.6 Å². The van der Waals surface area contributed by atoms with Crippen molar-refractivity contribution in [1.82, 2.24) is 24.5 Å². The Balaban J connectivity index is 1.41. The topological polar surface area (TPSA) is 98.5 Å². The Labute approximate surface area is 203 Å². The van der Waals surface area contributed by atoms with Gasteiger partial charge in [-0.1, -0.05) is 30.0 Å². The molecule has 0 aliphatic carbocycles. The van der Waals surface area contributed by atoms with Crippen molar-refractivity contribution in [1.29, 1.82) is 0 Å². The van der Waals surface area contributed by atoms with Crippen molar-refractivity contribution < 1.29 is 26.3 Å². The number of halogens is 3. The molecule has 0 saturated carbocycles. The van der Waals surface area contributed by atoms with E-state index in [0.29, 0.717) is 33.6 Å². The Morgan fingerprint density at radius 3 is 2.54 bits per heavy atom. The molecule has 2 aromatic heterocycles. The van der Waals surface area contributed by atoms with Crippen LogP contribution in [0.3, 0.4) is 0 Å². The molecule has 184 valence electrons. The van der Waals surface area contributed by atoms with Crippen LogP contribution >= 0.6 is 11.8 Å². The van der Waals surface area contributed by atoms with Crippen LogP contribution in [0.5, 0.6) is 5.75 Å². The lowest BCUT2D eigenvalue weighted by Crippen LogP contribution is -2.26. The zero-order valence-electron chi connectivity index (χ0n) is 18.4. The number of ether oxygens (including phenoxy) is 1. The molecule has 0 aliphatic rings. The summed E-state index contributed by atoms with van der Waals surface area (Å²) in [4.78, 5) is 0.107. The first-order chi connectivity index (χ1) is 16.7. The van der Waals surface area contributed by atoms with Crippen molar-refractivity contribution in [2.24, 2.45) is 0 Å². The first-order valence-electron chi connectivity index (χ1n) is 10.3. The van der Waals surface area contributed by atoms with Crippen LogP contribution < -0.4 is 9.46 Å². The summed E-state index contributed by atoms with van der Waals surface area (Å²) in [5.74, 6) is 1.28. The van der Waals surface area contributed by atoms with E-state index < -0.39 is 21.8 Å². The second kappa shape index (κ2) is 10.2. The quantitative estimate of drug-likeness (QED) is 0.332. The van der Waals surface area contributed by atoms with Crippen molar-refractivity contribution in [2.45, 2.75) is 28.3 Å². The fourth-order valence-corrected chi connectivity index (χ4v) is 5.01. The Morgan fingerprint density at radius 1 is 1.06 bits per heavy atom. The van der Waals surface area contributed by atoms with Gasteiger partial charge in [0.05, 0.1) is 17.6 Å². The number of fused-ring (bicyclic) bond motifs is 1. The van der Waals surface area contributed by atoms with Gasteiger partial charge in [-0.15, -0.1) is 10.2 Å². The van der Waals surface area contributed by atoms with Crippen molar-refractivity contribution in [3.8, 4) is 5.75 Å². The van der Waals surface area contributed by atoms with Crippen LogP contribution in [-0.2, 0) is 28.4 Å². The molecule has 2 aromatic carbocycles. The lowest BCUT2D eigenvalue weighted by molar-refractivity contribution is -0.137. The predicted octanol–water partition coefficient (Wildman–Crippen LogP) is 3.97. The van der Waals surface area contributed by atoms with Gasteiger partial charge in [-0.2, -0.15) is 22.8 Å². The van der Waals surface area contributed by atoms with Crippen LogP contribution in [0.15, 0.2) is 70.6 Å². The summed E-state index contributed by atoms with van der Waals surface area (Å²) >= 11 is 1.27. The van der Waals surface area contributed by atoms with Gasteiger partial charge in [-0.25, -0.2) is 13.1 Å². The molecular formula is C22H20F3N5O3S2. The van der Waals surface area contributed by atoms with E-state index in [1.54, 1.807) is 30.3 Å². The molecule has 0 amide bonds. The highest BCUT2D eigenvalue weighted by Crippen LogP contribution is 2.31. The maximum absolute atomic E-state index is 12.9. The average molecular weight is 524 g/mol. The number of nitrogens with one attached hydrogen (secondary N) is 1. The minimum absolute atomic E-state index is 0.0679. The Morgan fingerprint density at radius 2 is 1.83 bits per heavy atom. The van der Waals surface area contributed by atoms with Crippen LogP contribution in [0.2, 0.25) is 0 Å². The van der Waals surface area contributed by atoms with Gasteiger partial charge in [-0.05, 0) is 48.0 Å². The molecule has 0 aliphatic heterocycles. The molecule has 35 heavy (non-hydrogen) atoms. The number of hydrogen-bond donors (Lipinski definition) is 1. The van der Waals surface area contributed by atoms with Gasteiger partial charge in [-0.3, -0.25) is 0 Å². The Kier molecular flexibility index (Phi) is 7.28. The molecule has 4 aromatic rings. The molecule has 4 rings (SSSR count). The van der Waals surface area contributed by atoms with E-state index in [2.05, 4.69) is 20.0 Å². The first kappa shape index (κ1) is 24.9. The van der Waals surface area contributed by atoms with Gasteiger partial charge in [0.25, 0.3) is 0 Å². The van der Waals surface area contributed by atoms with Crippen molar-refractivity contribution >= 4 is 27.4 Å². The van der Waals surface area contributed by atoms with Gasteiger partial charge in [0.1, 0.15) is 10.8 Å². The largest absolute Gasteiger partial charge is 0.497 e. The zero-order valence-corrected chi connectivity index (χ0v) is 20.0. The van der Waals surface area contributed by atoms with Crippen LogP contribution in [0.25, 0.3) is 5.65 Å². The Bertz CT molecular complexity index is 1420. The van der Waals surface area contributed by atoms with E-state index >= 15 is 0 Å². The SMILES string of the molecule is COc1ccc(S(=O)(=O)NCCc2nnc3ccc(SCc4cccc(C(F)(F)F)c4)nn23)cc1. The molecular weight excluding hydrogens is 503 g/mol. The number of hydrogen-bond acceptors (Lipinski definition) is 7. The third-order valence-electron chi connectivity index (χ3n) is 4.95. The van der Waals surface area contributed by atoms with Gasteiger partial charge < -0.3 is 4.74 Å². The third kappa shape index (κ3) is 6.10. The maximum atomic E-state index is 12.9. The van der Waals surface area contributed by atoms with E-state index in [9.17, 15) is 21.6 Å². The summed E-state index contributed by atoms with van der Waals surface area (Å²) in [5.41, 5.74) is 0.294. The lowest BCUT2D eigenvalue weighted by atomic mass is 10.1. The summed E-state index contributed by atoms with van der Waals surface area (Å²) in [5, 5.41) is 13.1. The number of nitrogens with zero attached hydrogens (tertiary/aromatic N) is 4. The minimum Gasteiger partial charge on any atom is -0.497 e. The first-order valence-corrected chi connectivity index (χ1v) is 12.8. The molecule has 0 atom stereocenters. The van der Waals surface area contributed by atoms with Gasteiger partial charge in [0.15, 0.2) is 11.5 Å². The summed E-state index contributed by atoms with van der Waals surface area (Å²) < 4.78 is 72.9. The van der Waals surface area contributed by atoms with Crippen LogP contribution in [0, 0.1) is 0 Å². The molecule has 2 heterocycles. The molecule has 0 spiro atoms. The van der Waals surface area contributed by atoms with E-state index in [1.165, 1.54) is 41.6 Å². The second-order valence-electron chi connectivity index (χ2n) is 7.37. The number of aromatic nitrogens is 4. The monoisotopic (exact) mass is 523 g/mol. The molecule has 13 heteroatoms. The summed E-state index contributed by atoms with van der Waals surface area (Å²) in [7, 11) is -2.23. The van der Waals surface area contributed by atoms with Crippen molar-refractivity contribution in [2.75, 3.05) is 13.7 Å². The van der Waals surface area contributed by atoms with Crippen molar-refractivity contribution in [3.63, 3.8) is 0 Å². The smallest absolute Gasteiger partial charge is 0.416 e.